The summed E-state index contributed by atoms with van der Waals surface area (Å²) in [6.07, 6.45) is 0. The van der Waals surface area contributed by atoms with Gasteiger partial charge in [-0.1, -0.05) is 6.07 Å². The van der Waals surface area contributed by atoms with E-state index in [1.807, 2.05) is 0 Å². The smallest absolute Gasteiger partial charge is 0.250 e. The van der Waals surface area contributed by atoms with Crippen molar-refractivity contribution in [3.63, 3.8) is 0 Å². The summed E-state index contributed by atoms with van der Waals surface area (Å²) in [6.45, 7) is 0.153. The molecular formula is C19H19F2N3O3. The van der Waals surface area contributed by atoms with Gasteiger partial charge in [-0.15, -0.1) is 0 Å². The molecule has 0 radical (unpaired) electrons. The molecule has 3 N–H and O–H groups in total. The molecule has 6 nitrogen and oxygen atoms in total. The lowest BCUT2D eigenvalue weighted by atomic mass is 9.86. The molecule has 2 bridgehead atoms. The summed E-state index contributed by atoms with van der Waals surface area (Å²) in [6, 6.07) is 7.39. The molecule has 0 aliphatic carbocycles. The number of halogens is 2. The fourth-order valence-corrected chi connectivity index (χ4v) is 4.22. The molecule has 1 fully saturated rings. The Bertz CT molecular complexity index is 926. The lowest BCUT2D eigenvalue weighted by Gasteiger charge is -2.27. The number of hydrogen-bond acceptors (Lipinski definition) is 4. The zero-order valence-electron chi connectivity index (χ0n) is 14.4. The Kier molecular flexibility index (Phi) is 4.53. The third-order valence-electron chi connectivity index (χ3n) is 5.41. The third kappa shape index (κ3) is 3.15. The van der Waals surface area contributed by atoms with E-state index in [4.69, 9.17) is 0 Å². The normalized spacial score (nSPS) is 25.9. The van der Waals surface area contributed by atoms with E-state index in [1.54, 1.807) is 16.7 Å². The molecule has 0 spiro atoms. The minimum Gasteiger partial charge on any atom is -0.396 e. The SMILES string of the molecule is O=C(NCc1cc(F)cc(F)c1)[C@H]1[C@H](CO)[C@H]2Cn3c(cccc3=O)[C@@H]1N2. The summed E-state index contributed by atoms with van der Waals surface area (Å²) >= 11 is 0. The second-order valence-electron chi connectivity index (χ2n) is 7.02. The lowest BCUT2D eigenvalue weighted by Crippen LogP contribution is -2.43. The number of amides is 1. The van der Waals surface area contributed by atoms with Gasteiger partial charge in [0.2, 0.25) is 5.91 Å². The van der Waals surface area contributed by atoms with E-state index in [1.165, 1.54) is 6.07 Å². The number of rotatable bonds is 4. The Morgan fingerprint density at radius 3 is 2.70 bits per heavy atom. The molecule has 0 unspecified atom stereocenters. The molecule has 1 aromatic heterocycles. The van der Waals surface area contributed by atoms with Crippen LogP contribution in [0.4, 0.5) is 8.78 Å². The van der Waals surface area contributed by atoms with Crippen LogP contribution in [0, 0.1) is 23.5 Å². The molecule has 27 heavy (non-hydrogen) atoms. The zero-order valence-corrected chi connectivity index (χ0v) is 14.4. The van der Waals surface area contributed by atoms with Crippen LogP contribution in [0.25, 0.3) is 0 Å². The van der Waals surface area contributed by atoms with E-state index in [0.717, 1.165) is 18.2 Å². The fraction of sp³-hybridized carbons (Fsp3) is 0.368. The van der Waals surface area contributed by atoms with Crippen LogP contribution in [0.3, 0.4) is 0 Å². The number of carbonyl (C=O) groups is 1. The Hall–Kier alpha value is -2.58. The number of benzene rings is 1. The highest BCUT2D eigenvalue weighted by Crippen LogP contribution is 2.40. The second kappa shape index (κ2) is 6.86. The molecule has 4 rings (SSSR count). The zero-order chi connectivity index (χ0) is 19.1. The number of fused-ring (bicyclic) bond motifs is 4. The Morgan fingerprint density at radius 1 is 1.26 bits per heavy atom. The van der Waals surface area contributed by atoms with Gasteiger partial charge in [0.1, 0.15) is 11.6 Å². The van der Waals surface area contributed by atoms with Crippen molar-refractivity contribution in [3.8, 4) is 0 Å². The van der Waals surface area contributed by atoms with Crippen LogP contribution in [0.1, 0.15) is 17.3 Å². The van der Waals surface area contributed by atoms with Crippen molar-refractivity contribution in [1.82, 2.24) is 15.2 Å². The summed E-state index contributed by atoms with van der Waals surface area (Å²) in [4.78, 5) is 25.0. The largest absolute Gasteiger partial charge is 0.396 e. The first kappa shape index (κ1) is 17.8. The lowest BCUT2D eigenvalue weighted by molar-refractivity contribution is -0.127. The summed E-state index contributed by atoms with van der Waals surface area (Å²) in [7, 11) is 0. The number of aliphatic hydroxyl groups excluding tert-OH is 1. The van der Waals surface area contributed by atoms with Crippen LogP contribution < -0.4 is 16.2 Å². The molecule has 3 heterocycles. The third-order valence-corrected chi connectivity index (χ3v) is 5.41. The van der Waals surface area contributed by atoms with Gasteiger partial charge in [0.05, 0.1) is 12.0 Å². The molecule has 2 aliphatic heterocycles. The van der Waals surface area contributed by atoms with Crippen LogP contribution in [0.15, 0.2) is 41.2 Å². The quantitative estimate of drug-likeness (QED) is 0.735. The number of carbonyl (C=O) groups excluding carboxylic acids is 1. The van der Waals surface area contributed by atoms with E-state index in [-0.39, 0.29) is 36.6 Å². The number of nitrogens with zero attached hydrogens (tertiary/aromatic N) is 1. The summed E-state index contributed by atoms with van der Waals surface area (Å²) in [5, 5.41) is 15.9. The summed E-state index contributed by atoms with van der Waals surface area (Å²) in [5.41, 5.74) is 0.871. The van der Waals surface area contributed by atoms with E-state index < -0.39 is 23.6 Å². The molecule has 142 valence electrons. The van der Waals surface area contributed by atoms with Gasteiger partial charge in [-0.2, -0.15) is 0 Å². The van der Waals surface area contributed by atoms with E-state index in [2.05, 4.69) is 10.6 Å². The summed E-state index contributed by atoms with van der Waals surface area (Å²) < 4.78 is 28.3. The van der Waals surface area contributed by atoms with Crippen LogP contribution in [0.2, 0.25) is 0 Å². The maximum Gasteiger partial charge on any atom is 0.250 e. The molecule has 0 saturated carbocycles. The van der Waals surface area contributed by atoms with Gasteiger partial charge in [-0.3, -0.25) is 9.59 Å². The van der Waals surface area contributed by atoms with Crippen molar-refractivity contribution < 1.29 is 18.7 Å². The van der Waals surface area contributed by atoms with Gasteiger partial charge in [-0.25, -0.2) is 8.78 Å². The molecule has 1 saturated heterocycles. The van der Waals surface area contributed by atoms with Crippen molar-refractivity contribution in [1.29, 1.82) is 0 Å². The molecule has 4 atom stereocenters. The summed E-state index contributed by atoms with van der Waals surface area (Å²) in [5.74, 6) is -2.70. The van der Waals surface area contributed by atoms with Crippen molar-refractivity contribution in [2.45, 2.75) is 25.2 Å². The Morgan fingerprint density at radius 2 is 2.00 bits per heavy atom. The first-order valence-electron chi connectivity index (χ1n) is 8.77. The molecule has 1 aromatic carbocycles. The molecule has 2 aliphatic rings. The molecular weight excluding hydrogens is 356 g/mol. The van der Waals surface area contributed by atoms with E-state index >= 15 is 0 Å². The van der Waals surface area contributed by atoms with Gasteiger partial charge >= 0.3 is 0 Å². The highest BCUT2D eigenvalue weighted by atomic mass is 19.1. The Labute approximate surface area is 153 Å². The van der Waals surface area contributed by atoms with Gasteiger partial charge < -0.3 is 20.3 Å². The Balaban J connectivity index is 1.58. The van der Waals surface area contributed by atoms with E-state index in [9.17, 15) is 23.5 Å². The number of hydrogen-bond donors (Lipinski definition) is 3. The minimum absolute atomic E-state index is 0.0266. The maximum atomic E-state index is 13.3. The first-order chi connectivity index (χ1) is 13.0. The van der Waals surface area contributed by atoms with Crippen molar-refractivity contribution in [2.75, 3.05) is 6.61 Å². The van der Waals surface area contributed by atoms with Crippen molar-refractivity contribution in [3.05, 3.63) is 69.6 Å². The second-order valence-corrected chi connectivity index (χ2v) is 7.02. The van der Waals surface area contributed by atoms with Gasteiger partial charge in [0, 0.05) is 49.5 Å². The maximum absolute atomic E-state index is 13.3. The molecule has 2 aromatic rings. The number of nitrogens with one attached hydrogen (secondary N) is 2. The van der Waals surface area contributed by atoms with Gasteiger partial charge in [0.25, 0.3) is 5.56 Å². The van der Waals surface area contributed by atoms with Crippen LogP contribution in [0.5, 0.6) is 0 Å². The van der Waals surface area contributed by atoms with E-state index in [0.29, 0.717) is 17.8 Å². The highest BCUT2D eigenvalue weighted by molar-refractivity contribution is 5.80. The van der Waals surface area contributed by atoms with Crippen molar-refractivity contribution >= 4 is 5.91 Å². The predicted molar refractivity (Wildman–Crippen MR) is 92.6 cm³/mol. The van der Waals surface area contributed by atoms with Crippen LogP contribution in [-0.2, 0) is 17.9 Å². The van der Waals surface area contributed by atoms with Crippen LogP contribution in [-0.4, -0.2) is 28.2 Å². The number of aromatic nitrogens is 1. The minimum atomic E-state index is -0.709. The monoisotopic (exact) mass is 375 g/mol. The first-order valence-corrected chi connectivity index (χ1v) is 8.77. The van der Waals surface area contributed by atoms with Gasteiger partial charge in [0.15, 0.2) is 0 Å². The van der Waals surface area contributed by atoms with Crippen LogP contribution >= 0.6 is 0 Å². The predicted octanol–water partition coefficient (Wildman–Crippen LogP) is 0.694. The highest BCUT2D eigenvalue weighted by Gasteiger charge is 2.50. The average Bonchev–Trinajstić information content (AvgIpc) is 2.92. The topological polar surface area (TPSA) is 83.4 Å². The molecule has 8 heteroatoms. The van der Waals surface area contributed by atoms with Gasteiger partial charge in [-0.05, 0) is 23.8 Å². The number of aliphatic hydroxyl groups is 1. The molecule has 1 amide bonds. The number of pyridine rings is 1. The fourth-order valence-electron chi connectivity index (χ4n) is 4.22. The average molecular weight is 375 g/mol. The van der Waals surface area contributed by atoms with Crippen molar-refractivity contribution in [2.24, 2.45) is 11.8 Å². The standard InChI is InChI=1S/C19H19F2N3O3/c20-11-4-10(5-12(21)6-11)7-22-19(27)17-13(9-25)14-8-24-15(18(17)23-14)2-1-3-16(24)26/h1-6,13-14,17-18,23,25H,7-9H2,(H,22,27)/t13-,14-,17+,18+/m1/s1.